The number of nitrogens with zero attached hydrogens (tertiary/aromatic N) is 2. The van der Waals surface area contributed by atoms with Gasteiger partial charge in [-0.3, -0.25) is 4.98 Å². The minimum Gasteiger partial charge on any atom is -0.495 e. The van der Waals surface area contributed by atoms with E-state index in [0.717, 1.165) is 21.8 Å². The number of nitrogen functional groups attached to an aromatic ring is 1. The molecule has 0 amide bonds. The molecule has 0 atom stereocenters. The predicted molar refractivity (Wildman–Crippen MR) is 81.7 cm³/mol. The summed E-state index contributed by atoms with van der Waals surface area (Å²) >= 11 is 1.60. The summed E-state index contributed by atoms with van der Waals surface area (Å²) in [6, 6.07) is 9.59. The van der Waals surface area contributed by atoms with Gasteiger partial charge in [-0.15, -0.1) is 11.3 Å². The maximum Gasteiger partial charge on any atom is 0.141 e. The topological polar surface area (TPSA) is 61.0 Å². The Morgan fingerprint density at radius 1 is 1.10 bits per heavy atom. The molecular formula is C15H13N3OS. The van der Waals surface area contributed by atoms with Crippen molar-refractivity contribution in [3.8, 4) is 27.6 Å². The van der Waals surface area contributed by atoms with E-state index >= 15 is 0 Å². The molecule has 4 nitrogen and oxygen atoms in total. The molecule has 100 valence electrons. The van der Waals surface area contributed by atoms with Gasteiger partial charge in [0, 0.05) is 28.9 Å². The lowest BCUT2D eigenvalue weighted by Crippen LogP contribution is -1.92. The molecule has 0 radical (unpaired) electrons. The van der Waals surface area contributed by atoms with Crippen molar-refractivity contribution in [3.63, 3.8) is 0 Å². The van der Waals surface area contributed by atoms with Crippen LogP contribution in [0.3, 0.4) is 0 Å². The molecule has 20 heavy (non-hydrogen) atoms. The van der Waals surface area contributed by atoms with Gasteiger partial charge >= 0.3 is 0 Å². The first-order chi connectivity index (χ1) is 9.78. The summed E-state index contributed by atoms with van der Waals surface area (Å²) in [6.07, 6.45) is 3.53. The van der Waals surface area contributed by atoms with Gasteiger partial charge in [0.1, 0.15) is 10.8 Å². The van der Waals surface area contributed by atoms with Crippen LogP contribution >= 0.6 is 11.3 Å². The molecule has 0 aliphatic heterocycles. The van der Waals surface area contributed by atoms with Crippen molar-refractivity contribution in [2.75, 3.05) is 12.8 Å². The van der Waals surface area contributed by atoms with Crippen molar-refractivity contribution in [3.05, 3.63) is 48.1 Å². The number of hydrogen-bond donors (Lipinski definition) is 1. The fraction of sp³-hybridized carbons (Fsp3) is 0.0667. The molecule has 2 heterocycles. The Bertz CT molecular complexity index is 725. The van der Waals surface area contributed by atoms with Crippen LogP contribution in [0.25, 0.3) is 21.8 Å². The molecule has 2 N–H and O–H groups in total. The van der Waals surface area contributed by atoms with Gasteiger partial charge in [0.05, 0.1) is 18.5 Å². The second-order valence-corrected chi connectivity index (χ2v) is 5.09. The molecule has 0 aliphatic rings. The molecule has 2 aromatic heterocycles. The monoisotopic (exact) mass is 283 g/mol. The maximum absolute atomic E-state index is 5.93. The van der Waals surface area contributed by atoms with Crippen LogP contribution in [0.4, 0.5) is 5.69 Å². The van der Waals surface area contributed by atoms with E-state index in [4.69, 9.17) is 10.5 Å². The van der Waals surface area contributed by atoms with Crippen LogP contribution in [0.1, 0.15) is 0 Å². The van der Waals surface area contributed by atoms with Gasteiger partial charge in [-0.05, 0) is 30.3 Å². The first kappa shape index (κ1) is 12.6. The van der Waals surface area contributed by atoms with Crippen LogP contribution in [0.15, 0.2) is 48.1 Å². The second kappa shape index (κ2) is 5.30. The Labute approximate surface area is 120 Å². The van der Waals surface area contributed by atoms with Gasteiger partial charge in [0.25, 0.3) is 0 Å². The van der Waals surface area contributed by atoms with E-state index in [2.05, 4.69) is 9.97 Å². The molecule has 3 rings (SSSR count). The number of nitrogens with two attached hydrogens (primary N) is 1. The first-order valence-corrected chi connectivity index (χ1v) is 6.95. The van der Waals surface area contributed by atoms with Crippen molar-refractivity contribution in [1.82, 2.24) is 9.97 Å². The van der Waals surface area contributed by atoms with Crippen LogP contribution in [0.5, 0.6) is 5.75 Å². The molecular weight excluding hydrogens is 270 g/mol. The zero-order valence-corrected chi connectivity index (χ0v) is 11.7. The summed E-state index contributed by atoms with van der Waals surface area (Å²) < 4.78 is 5.16. The number of benzene rings is 1. The second-order valence-electron chi connectivity index (χ2n) is 4.23. The summed E-state index contributed by atoms with van der Waals surface area (Å²) in [5.41, 5.74) is 9.51. The third-order valence-corrected chi connectivity index (χ3v) is 3.85. The fourth-order valence-corrected chi connectivity index (χ4v) is 2.76. The molecule has 3 aromatic rings. The molecule has 0 aliphatic carbocycles. The Morgan fingerprint density at radius 3 is 2.60 bits per heavy atom. The molecule has 1 aromatic carbocycles. The van der Waals surface area contributed by atoms with Crippen LogP contribution in [0, 0.1) is 0 Å². The average Bonchev–Trinajstić information content (AvgIpc) is 2.98. The van der Waals surface area contributed by atoms with E-state index in [1.54, 1.807) is 30.8 Å². The Morgan fingerprint density at radius 2 is 1.90 bits per heavy atom. The molecule has 0 fully saturated rings. The van der Waals surface area contributed by atoms with Crippen molar-refractivity contribution in [2.24, 2.45) is 0 Å². The summed E-state index contributed by atoms with van der Waals surface area (Å²) in [5.74, 6) is 0.679. The summed E-state index contributed by atoms with van der Waals surface area (Å²) in [7, 11) is 1.61. The quantitative estimate of drug-likeness (QED) is 0.748. The van der Waals surface area contributed by atoms with Gasteiger partial charge in [-0.25, -0.2) is 4.98 Å². The summed E-state index contributed by atoms with van der Waals surface area (Å²) in [6.45, 7) is 0. The number of aromatic nitrogens is 2. The molecule has 0 unspecified atom stereocenters. The highest BCUT2D eigenvalue weighted by molar-refractivity contribution is 7.13. The Balaban J connectivity index is 1.96. The number of anilines is 1. The van der Waals surface area contributed by atoms with Crippen LogP contribution in [0.2, 0.25) is 0 Å². The molecule has 5 heteroatoms. The number of pyridine rings is 1. The highest BCUT2D eigenvalue weighted by Gasteiger charge is 2.08. The van der Waals surface area contributed by atoms with E-state index in [-0.39, 0.29) is 0 Å². The van der Waals surface area contributed by atoms with Gasteiger partial charge in [0.2, 0.25) is 0 Å². The van der Waals surface area contributed by atoms with Gasteiger partial charge in [-0.1, -0.05) is 0 Å². The van der Waals surface area contributed by atoms with E-state index in [0.29, 0.717) is 11.4 Å². The largest absolute Gasteiger partial charge is 0.495 e. The predicted octanol–water partition coefficient (Wildman–Crippen LogP) is 3.46. The average molecular weight is 283 g/mol. The van der Waals surface area contributed by atoms with Crippen molar-refractivity contribution >= 4 is 17.0 Å². The standard InChI is InChI=1S/C15H13N3OS/c1-19-14-3-2-11(8-12(14)16)13-9-20-15(18-13)10-4-6-17-7-5-10/h2-9H,16H2,1H3. The number of rotatable bonds is 3. The third-order valence-electron chi connectivity index (χ3n) is 2.96. The van der Waals surface area contributed by atoms with Crippen molar-refractivity contribution in [1.29, 1.82) is 0 Å². The highest BCUT2D eigenvalue weighted by Crippen LogP contribution is 2.31. The van der Waals surface area contributed by atoms with Crippen molar-refractivity contribution in [2.45, 2.75) is 0 Å². The molecule has 0 saturated carbocycles. The number of thiazole rings is 1. The summed E-state index contributed by atoms with van der Waals surface area (Å²) in [4.78, 5) is 8.65. The van der Waals surface area contributed by atoms with E-state index in [1.807, 2.05) is 35.7 Å². The Hall–Kier alpha value is -2.40. The van der Waals surface area contributed by atoms with Crippen molar-refractivity contribution < 1.29 is 4.74 Å². The molecule has 0 saturated heterocycles. The number of hydrogen-bond acceptors (Lipinski definition) is 5. The lowest BCUT2D eigenvalue weighted by molar-refractivity contribution is 0.417. The first-order valence-electron chi connectivity index (χ1n) is 6.08. The zero-order chi connectivity index (χ0) is 13.9. The highest BCUT2D eigenvalue weighted by atomic mass is 32.1. The number of ether oxygens (including phenoxy) is 1. The van der Waals surface area contributed by atoms with E-state index < -0.39 is 0 Å². The number of methoxy groups -OCH3 is 1. The molecule has 0 bridgehead atoms. The van der Waals surface area contributed by atoms with Gasteiger partial charge in [0.15, 0.2) is 0 Å². The van der Waals surface area contributed by atoms with Gasteiger partial charge < -0.3 is 10.5 Å². The van der Waals surface area contributed by atoms with E-state index in [1.165, 1.54) is 0 Å². The summed E-state index contributed by atoms with van der Waals surface area (Å²) in [5, 5.41) is 2.99. The Kier molecular flexibility index (Phi) is 3.35. The van der Waals surface area contributed by atoms with Gasteiger partial charge in [-0.2, -0.15) is 0 Å². The SMILES string of the molecule is COc1ccc(-c2csc(-c3ccncc3)n2)cc1N. The van der Waals surface area contributed by atoms with Crippen LogP contribution in [-0.4, -0.2) is 17.1 Å². The minimum atomic E-state index is 0.614. The zero-order valence-electron chi connectivity index (χ0n) is 10.9. The maximum atomic E-state index is 5.93. The van der Waals surface area contributed by atoms with Crippen LogP contribution < -0.4 is 10.5 Å². The fourth-order valence-electron chi connectivity index (χ4n) is 1.93. The smallest absolute Gasteiger partial charge is 0.141 e. The molecule has 0 spiro atoms. The van der Waals surface area contributed by atoms with Crippen LogP contribution in [-0.2, 0) is 0 Å². The normalized spacial score (nSPS) is 10.4. The lowest BCUT2D eigenvalue weighted by atomic mass is 10.1. The van der Waals surface area contributed by atoms with E-state index in [9.17, 15) is 0 Å². The third kappa shape index (κ3) is 2.35. The minimum absolute atomic E-state index is 0.614. The lowest BCUT2D eigenvalue weighted by Gasteiger charge is -2.05.